The molecule has 0 fully saturated rings. The Kier molecular flexibility index (Phi) is 6.58. The second-order valence-electron chi connectivity index (χ2n) is 6.42. The van der Waals surface area contributed by atoms with Gasteiger partial charge >= 0.3 is 5.63 Å². The van der Waals surface area contributed by atoms with Gasteiger partial charge in [0.05, 0.1) is 11.8 Å². The highest BCUT2D eigenvalue weighted by Gasteiger charge is 2.39. The number of rotatable bonds is 7. The van der Waals surface area contributed by atoms with E-state index in [0.29, 0.717) is 23.5 Å². The molecular formula is C19H25N3O3S. The first-order valence-electron chi connectivity index (χ1n) is 8.58. The van der Waals surface area contributed by atoms with Gasteiger partial charge in [0.1, 0.15) is 16.3 Å². The maximum atomic E-state index is 12.9. The van der Waals surface area contributed by atoms with Crippen LogP contribution in [0.1, 0.15) is 51.0 Å². The molecular weight excluding hydrogens is 350 g/mol. The van der Waals surface area contributed by atoms with Crippen LogP contribution < -0.4 is 10.9 Å². The van der Waals surface area contributed by atoms with E-state index in [4.69, 9.17) is 4.42 Å². The first kappa shape index (κ1) is 20.2. The number of aliphatic imine (C=N–C) groups is 2. The number of carbonyl (C=O) groups excluding carboxylic acids is 1. The van der Waals surface area contributed by atoms with Crippen molar-refractivity contribution in [2.75, 3.05) is 12.8 Å². The minimum absolute atomic E-state index is 0.186. The Morgan fingerprint density at radius 3 is 2.92 bits per heavy atom. The maximum Gasteiger partial charge on any atom is 0.336 e. The second kappa shape index (κ2) is 8.49. The highest BCUT2D eigenvalue weighted by Crippen LogP contribution is 2.30. The zero-order valence-corrected chi connectivity index (χ0v) is 16.5. The quantitative estimate of drug-likeness (QED) is 0.742. The summed E-state index contributed by atoms with van der Waals surface area (Å²) in [6.45, 7) is 9.39. The van der Waals surface area contributed by atoms with Crippen molar-refractivity contribution in [3.8, 4) is 0 Å². The normalized spacial score (nSPS) is 21.2. The van der Waals surface area contributed by atoms with Crippen molar-refractivity contribution in [3.63, 3.8) is 0 Å². The lowest BCUT2D eigenvalue weighted by molar-refractivity contribution is -0.125. The van der Waals surface area contributed by atoms with Gasteiger partial charge in [0.2, 0.25) is 5.91 Å². The van der Waals surface area contributed by atoms with Crippen molar-refractivity contribution in [2.24, 2.45) is 9.98 Å². The van der Waals surface area contributed by atoms with Crippen molar-refractivity contribution in [1.29, 1.82) is 0 Å². The lowest BCUT2D eigenvalue weighted by Crippen LogP contribution is -2.45. The van der Waals surface area contributed by atoms with E-state index in [1.54, 1.807) is 19.2 Å². The summed E-state index contributed by atoms with van der Waals surface area (Å²) < 4.78 is 5.33. The molecule has 1 aliphatic heterocycles. The monoisotopic (exact) mass is 375 g/mol. The van der Waals surface area contributed by atoms with E-state index >= 15 is 0 Å². The first-order chi connectivity index (χ1) is 12.3. The molecule has 0 aliphatic carbocycles. The minimum atomic E-state index is -0.867. The first-order valence-corrected chi connectivity index (χ1v) is 9.56. The molecule has 1 aliphatic rings. The molecule has 0 aromatic carbocycles. The van der Waals surface area contributed by atoms with Gasteiger partial charge in [-0.1, -0.05) is 26.0 Å². The van der Waals surface area contributed by atoms with Gasteiger partial charge in [0, 0.05) is 18.9 Å². The maximum absolute atomic E-state index is 12.9. The Balaban J connectivity index is 2.26. The van der Waals surface area contributed by atoms with Crippen LogP contribution in [-0.4, -0.2) is 35.0 Å². The van der Waals surface area contributed by atoms with E-state index in [9.17, 15) is 9.59 Å². The number of thioether (sulfide) groups is 1. The van der Waals surface area contributed by atoms with Crippen molar-refractivity contribution in [3.05, 3.63) is 40.5 Å². The van der Waals surface area contributed by atoms with Crippen LogP contribution in [0.3, 0.4) is 0 Å². The molecule has 2 heterocycles. The standard InChI is InChI=1S/C19H25N3O3S/c1-6-8-14(15-9-13(7-2)10-16(23)25-15)21-18(24)19(4)11-26-17(22-19)12(3)20-5/h7,9-10,14H,2,6,8,11H2,1,3-5H3,(H,21,24)/t14-,19+/m1/s1. The topological polar surface area (TPSA) is 84.0 Å². The lowest BCUT2D eigenvalue weighted by atomic mass is 10.0. The van der Waals surface area contributed by atoms with Gasteiger partial charge in [-0.2, -0.15) is 0 Å². The van der Waals surface area contributed by atoms with E-state index in [1.807, 2.05) is 20.8 Å². The molecule has 0 unspecified atom stereocenters. The van der Waals surface area contributed by atoms with Crippen LogP contribution >= 0.6 is 11.8 Å². The van der Waals surface area contributed by atoms with Crippen molar-refractivity contribution in [1.82, 2.24) is 5.32 Å². The summed E-state index contributed by atoms with van der Waals surface area (Å²) in [5.41, 5.74) is 0.171. The van der Waals surface area contributed by atoms with Crippen LogP contribution in [0.4, 0.5) is 0 Å². The summed E-state index contributed by atoms with van der Waals surface area (Å²) in [4.78, 5) is 33.4. The van der Waals surface area contributed by atoms with Crippen LogP contribution in [0, 0.1) is 0 Å². The van der Waals surface area contributed by atoms with Gasteiger partial charge in [-0.3, -0.25) is 14.8 Å². The SMILES string of the molecule is C=Cc1cc([C@@H](CCC)NC(=O)[C@]2(C)CSC(C(C)=NC)=N2)oc(=O)c1. The Morgan fingerprint density at radius 1 is 1.58 bits per heavy atom. The van der Waals surface area contributed by atoms with Crippen LogP contribution in [0.5, 0.6) is 0 Å². The zero-order chi connectivity index (χ0) is 19.3. The summed E-state index contributed by atoms with van der Waals surface area (Å²) >= 11 is 1.53. The number of carbonyl (C=O) groups is 1. The predicted octanol–water partition coefficient (Wildman–Crippen LogP) is 3.23. The molecule has 0 saturated heterocycles. The molecule has 1 amide bonds. The van der Waals surface area contributed by atoms with Crippen molar-refractivity contribution in [2.45, 2.75) is 45.2 Å². The Morgan fingerprint density at radius 2 is 2.31 bits per heavy atom. The summed E-state index contributed by atoms with van der Waals surface area (Å²) in [5, 5.41) is 3.80. The van der Waals surface area contributed by atoms with E-state index < -0.39 is 11.2 Å². The molecule has 2 atom stereocenters. The largest absolute Gasteiger partial charge is 0.426 e. The average molecular weight is 375 g/mol. The second-order valence-corrected chi connectivity index (χ2v) is 7.38. The molecule has 0 radical (unpaired) electrons. The summed E-state index contributed by atoms with van der Waals surface area (Å²) in [6.07, 6.45) is 3.07. The van der Waals surface area contributed by atoms with E-state index in [2.05, 4.69) is 21.9 Å². The van der Waals surface area contributed by atoms with E-state index in [0.717, 1.165) is 17.2 Å². The number of nitrogens with zero attached hydrogens (tertiary/aromatic N) is 2. The third-order valence-electron chi connectivity index (χ3n) is 4.25. The van der Waals surface area contributed by atoms with E-state index in [1.165, 1.54) is 17.8 Å². The van der Waals surface area contributed by atoms with Crippen molar-refractivity contribution < 1.29 is 9.21 Å². The van der Waals surface area contributed by atoms with Crippen LogP contribution in [0.15, 0.2) is 37.9 Å². The molecule has 140 valence electrons. The van der Waals surface area contributed by atoms with Crippen LogP contribution in [0.2, 0.25) is 0 Å². The zero-order valence-electron chi connectivity index (χ0n) is 15.7. The van der Waals surface area contributed by atoms with Crippen molar-refractivity contribution >= 4 is 34.5 Å². The highest BCUT2D eigenvalue weighted by atomic mass is 32.2. The summed E-state index contributed by atoms with van der Waals surface area (Å²) in [5.74, 6) is 0.803. The fourth-order valence-electron chi connectivity index (χ4n) is 2.59. The number of nitrogens with one attached hydrogen (secondary N) is 1. The number of hydrogen-bond acceptors (Lipinski definition) is 6. The molecule has 0 bridgehead atoms. The molecule has 0 saturated carbocycles. The van der Waals surface area contributed by atoms with Gasteiger partial charge in [0.15, 0.2) is 0 Å². The predicted molar refractivity (Wildman–Crippen MR) is 108 cm³/mol. The number of hydrogen-bond donors (Lipinski definition) is 1. The van der Waals surface area contributed by atoms with Gasteiger partial charge in [0.25, 0.3) is 0 Å². The van der Waals surface area contributed by atoms with Crippen LogP contribution in [0.25, 0.3) is 6.08 Å². The van der Waals surface area contributed by atoms with Gasteiger partial charge in [-0.05, 0) is 31.9 Å². The molecule has 0 spiro atoms. The average Bonchev–Trinajstić information content (AvgIpc) is 3.03. The Hall–Kier alpha value is -2.15. The molecule has 26 heavy (non-hydrogen) atoms. The summed E-state index contributed by atoms with van der Waals surface area (Å²) in [6, 6.07) is 2.73. The van der Waals surface area contributed by atoms with Gasteiger partial charge < -0.3 is 9.73 Å². The fourth-order valence-corrected chi connectivity index (χ4v) is 3.77. The fraction of sp³-hybridized carbons (Fsp3) is 0.474. The summed E-state index contributed by atoms with van der Waals surface area (Å²) in [7, 11) is 1.71. The molecule has 1 N–H and O–H groups in total. The Bertz CT molecular complexity index is 812. The third kappa shape index (κ3) is 4.52. The van der Waals surface area contributed by atoms with Crippen LogP contribution in [-0.2, 0) is 4.79 Å². The van der Waals surface area contributed by atoms with E-state index in [-0.39, 0.29) is 11.9 Å². The molecule has 2 rings (SSSR count). The highest BCUT2D eigenvalue weighted by molar-refractivity contribution is 8.16. The smallest absolute Gasteiger partial charge is 0.336 e. The minimum Gasteiger partial charge on any atom is -0.426 e. The molecule has 7 heteroatoms. The molecule has 6 nitrogen and oxygen atoms in total. The molecule has 1 aromatic heterocycles. The third-order valence-corrected chi connectivity index (χ3v) is 5.61. The van der Waals surface area contributed by atoms with Gasteiger partial charge in [-0.15, -0.1) is 11.8 Å². The molecule has 1 aromatic rings. The lowest BCUT2D eigenvalue weighted by Gasteiger charge is -2.24. The Labute approximate surface area is 157 Å². The van der Waals surface area contributed by atoms with Gasteiger partial charge in [-0.25, -0.2) is 4.79 Å². The number of amides is 1.